The first kappa shape index (κ1) is 14.0. The maximum absolute atomic E-state index is 12.1. The number of aryl methyl sites for hydroxylation is 2. The van der Waals surface area contributed by atoms with Gasteiger partial charge in [0.1, 0.15) is 0 Å². The Labute approximate surface area is 107 Å². The number of carbonyl (C=O) groups excluding carboxylic acids is 1. The number of amides is 1. The van der Waals surface area contributed by atoms with Gasteiger partial charge >= 0.3 is 0 Å². The van der Waals surface area contributed by atoms with E-state index >= 15 is 0 Å². The third kappa shape index (κ3) is 2.98. The Hall–Kier alpha value is -1.07. The maximum atomic E-state index is 12.1. The molecule has 0 bridgehead atoms. The molecule has 1 atom stereocenters. The number of carbonyl (C=O) groups is 1. The van der Waals surface area contributed by atoms with E-state index in [0.717, 1.165) is 19.6 Å². The first-order valence-electron chi connectivity index (χ1n) is 5.54. The Bertz CT molecular complexity index is 405. The van der Waals surface area contributed by atoms with E-state index in [-0.39, 0.29) is 18.3 Å². The zero-order valence-electron chi connectivity index (χ0n) is 10.3. The number of piperazine rings is 1. The van der Waals surface area contributed by atoms with Gasteiger partial charge < -0.3 is 14.6 Å². The lowest BCUT2D eigenvalue weighted by molar-refractivity contribution is 0.0674. The van der Waals surface area contributed by atoms with E-state index in [1.807, 2.05) is 4.90 Å². The maximum Gasteiger partial charge on any atom is 0.291 e. The number of hydrogen-bond donors (Lipinski definition) is 1. The van der Waals surface area contributed by atoms with Gasteiger partial charge in [0.2, 0.25) is 5.76 Å². The molecule has 0 spiro atoms. The molecule has 1 amide bonds. The van der Waals surface area contributed by atoms with Crippen LogP contribution in [0.4, 0.5) is 0 Å². The second kappa shape index (κ2) is 5.51. The smallest absolute Gasteiger partial charge is 0.291 e. The number of halogens is 1. The summed E-state index contributed by atoms with van der Waals surface area (Å²) in [5.74, 6) is 0.877. The Balaban J connectivity index is 0.00000144. The number of nitrogens with zero attached hydrogens (tertiary/aromatic N) is 2. The molecule has 0 saturated carbocycles. The lowest BCUT2D eigenvalue weighted by atomic mass is 10.2. The van der Waals surface area contributed by atoms with E-state index in [9.17, 15) is 4.79 Å². The second-order valence-corrected chi connectivity index (χ2v) is 4.25. The third-order valence-electron chi connectivity index (χ3n) is 2.75. The summed E-state index contributed by atoms with van der Waals surface area (Å²) in [6.07, 6.45) is 0. The summed E-state index contributed by atoms with van der Waals surface area (Å²) in [4.78, 5) is 18.1. The Morgan fingerprint density at radius 1 is 1.53 bits per heavy atom. The summed E-state index contributed by atoms with van der Waals surface area (Å²) in [6.45, 7) is 7.90. The SMILES string of the molecule is Cc1nc(C)c(C(=O)N2CCNC(C)C2)o1.Cl. The third-order valence-corrected chi connectivity index (χ3v) is 2.75. The Morgan fingerprint density at radius 3 is 2.76 bits per heavy atom. The van der Waals surface area contributed by atoms with Crippen LogP contribution in [0.2, 0.25) is 0 Å². The van der Waals surface area contributed by atoms with E-state index in [4.69, 9.17) is 4.42 Å². The van der Waals surface area contributed by atoms with Crippen LogP contribution in [0.25, 0.3) is 0 Å². The van der Waals surface area contributed by atoms with E-state index in [1.165, 1.54) is 0 Å². The van der Waals surface area contributed by atoms with E-state index in [1.54, 1.807) is 13.8 Å². The van der Waals surface area contributed by atoms with Crippen molar-refractivity contribution in [2.75, 3.05) is 19.6 Å². The minimum absolute atomic E-state index is 0. The van der Waals surface area contributed by atoms with Crippen molar-refractivity contribution in [2.45, 2.75) is 26.8 Å². The van der Waals surface area contributed by atoms with Crippen molar-refractivity contribution in [3.8, 4) is 0 Å². The number of oxazole rings is 1. The fraction of sp³-hybridized carbons (Fsp3) is 0.636. The van der Waals surface area contributed by atoms with Gasteiger partial charge in [-0.05, 0) is 13.8 Å². The molecule has 1 aliphatic heterocycles. The molecule has 0 aliphatic carbocycles. The quantitative estimate of drug-likeness (QED) is 0.822. The van der Waals surface area contributed by atoms with Crippen molar-refractivity contribution >= 4 is 18.3 Å². The number of hydrogen-bond acceptors (Lipinski definition) is 4. The summed E-state index contributed by atoms with van der Waals surface area (Å²) < 4.78 is 5.34. The highest BCUT2D eigenvalue weighted by Crippen LogP contribution is 2.13. The molecule has 1 saturated heterocycles. The van der Waals surface area contributed by atoms with Crippen molar-refractivity contribution in [2.24, 2.45) is 0 Å². The first-order valence-corrected chi connectivity index (χ1v) is 5.54. The minimum atomic E-state index is -0.0496. The number of rotatable bonds is 1. The Kier molecular flexibility index (Phi) is 4.54. The molecule has 17 heavy (non-hydrogen) atoms. The molecule has 1 N–H and O–H groups in total. The van der Waals surface area contributed by atoms with Crippen molar-refractivity contribution in [3.63, 3.8) is 0 Å². The summed E-state index contributed by atoms with van der Waals surface area (Å²) in [6, 6.07) is 0.335. The monoisotopic (exact) mass is 259 g/mol. The van der Waals surface area contributed by atoms with Gasteiger partial charge in [-0.3, -0.25) is 4.79 Å². The molecule has 6 heteroatoms. The van der Waals surface area contributed by atoms with E-state index in [0.29, 0.717) is 23.4 Å². The highest BCUT2D eigenvalue weighted by molar-refractivity contribution is 5.92. The summed E-state index contributed by atoms with van der Waals surface area (Å²) in [7, 11) is 0. The lowest BCUT2D eigenvalue weighted by Crippen LogP contribution is -2.51. The molecule has 2 heterocycles. The molecule has 96 valence electrons. The fourth-order valence-electron chi connectivity index (χ4n) is 1.99. The predicted molar refractivity (Wildman–Crippen MR) is 66.6 cm³/mol. The standard InChI is InChI=1S/C11H17N3O2.ClH/c1-7-6-14(5-4-12-7)11(15)10-8(2)13-9(3)16-10;/h7,12H,4-6H2,1-3H3;1H. The van der Waals surface area contributed by atoms with E-state index in [2.05, 4.69) is 17.2 Å². The molecule has 0 aromatic carbocycles. The van der Waals surface area contributed by atoms with Crippen molar-refractivity contribution < 1.29 is 9.21 Å². The normalized spacial score (nSPS) is 19.9. The van der Waals surface area contributed by atoms with Crippen LogP contribution in [-0.2, 0) is 0 Å². The highest BCUT2D eigenvalue weighted by atomic mass is 35.5. The van der Waals surface area contributed by atoms with Gasteiger partial charge in [0.25, 0.3) is 5.91 Å². The molecule has 0 radical (unpaired) electrons. The molecule has 1 aromatic heterocycles. The van der Waals surface area contributed by atoms with Crippen LogP contribution in [-0.4, -0.2) is 41.5 Å². The molecule has 1 aromatic rings. The van der Waals surface area contributed by atoms with Gasteiger partial charge in [0.15, 0.2) is 5.89 Å². The van der Waals surface area contributed by atoms with E-state index < -0.39 is 0 Å². The van der Waals surface area contributed by atoms with Crippen LogP contribution in [0.1, 0.15) is 29.1 Å². The van der Waals surface area contributed by atoms with Crippen LogP contribution < -0.4 is 5.32 Å². The molecular formula is C11H18ClN3O2. The van der Waals surface area contributed by atoms with Crippen molar-refractivity contribution in [1.82, 2.24) is 15.2 Å². The zero-order chi connectivity index (χ0) is 11.7. The Morgan fingerprint density at radius 2 is 2.24 bits per heavy atom. The van der Waals surface area contributed by atoms with Crippen LogP contribution >= 0.6 is 12.4 Å². The lowest BCUT2D eigenvalue weighted by Gasteiger charge is -2.31. The molecule has 1 fully saturated rings. The number of aromatic nitrogens is 1. The molecule has 2 rings (SSSR count). The first-order chi connectivity index (χ1) is 7.58. The van der Waals surface area contributed by atoms with Crippen LogP contribution in [0.5, 0.6) is 0 Å². The molecular weight excluding hydrogens is 242 g/mol. The van der Waals surface area contributed by atoms with Gasteiger partial charge in [-0.15, -0.1) is 12.4 Å². The van der Waals surface area contributed by atoms with Crippen LogP contribution in [0.15, 0.2) is 4.42 Å². The van der Waals surface area contributed by atoms with Gasteiger partial charge in [-0.25, -0.2) is 4.98 Å². The molecule has 1 aliphatic rings. The average molecular weight is 260 g/mol. The highest BCUT2D eigenvalue weighted by Gasteiger charge is 2.25. The largest absolute Gasteiger partial charge is 0.436 e. The molecule has 5 nitrogen and oxygen atoms in total. The van der Waals surface area contributed by atoms with Crippen LogP contribution in [0, 0.1) is 13.8 Å². The zero-order valence-corrected chi connectivity index (χ0v) is 11.1. The topological polar surface area (TPSA) is 58.4 Å². The van der Waals surface area contributed by atoms with Gasteiger partial charge in [-0.1, -0.05) is 0 Å². The van der Waals surface area contributed by atoms with Crippen molar-refractivity contribution in [3.05, 3.63) is 17.3 Å². The summed E-state index contributed by atoms with van der Waals surface area (Å²) >= 11 is 0. The van der Waals surface area contributed by atoms with Crippen LogP contribution in [0.3, 0.4) is 0 Å². The summed E-state index contributed by atoms with van der Waals surface area (Å²) in [5.41, 5.74) is 0.675. The van der Waals surface area contributed by atoms with Gasteiger partial charge in [0, 0.05) is 32.6 Å². The average Bonchev–Trinajstić information content (AvgIpc) is 2.57. The fourth-order valence-corrected chi connectivity index (χ4v) is 1.99. The minimum Gasteiger partial charge on any atom is -0.436 e. The van der Waals surface area contributed by atoms with Crippen molar-refractivity contribution in [1.29, 1.82) is 0 Å². The van der Waals surface area contributed by atoms with Gasteiger partial charge in [-0.2, -0.15) is 0 Å². The van der Waals surface area contributed by atoms with Gasteiger partial charge in [0.05, 0.1) is 5.69 Å². The molecule has 1 unspecified atom stereocenters. The second-order valence-electron chi connectivity index (χ2n) is 4.25. The summed E-state index contributed by atoms with van der Waals surface area (Å²) in [5, 5.41) is 3.30. The predicted octanol–water partition coefficient (Wildman–Crippen LogP) is 1.15. The number of nitrogens with one attached hydrogen (secondary N) is 1.